The summed E-state index contributed by atoms with van der Waals surface area (Å²) in [4.78, 5) is 13.7. The lowest BCUT2D eigenvalue weighted by molar-refractivity contribution is 0.220. The van der Waals surface area contributed by atoms with Crippen molar-refractivity contribution in [2.75, 3.05) is 12.4 Å². The fraction of sp³-hybridized carbons (Fsp3) is 0.333. The van der Waals surface area contributed by atoms with E-state index >= 15 is 0 Å². The molecule has 0 aliphatic rings. The molecule has 5 heteroatoms. The molecule has 0 atom stereocenters. The zero-order valence-corrected chi connectivity index (χ0v) is 12.3. The first-order chi connectivity index (χ1) is 9.45. The average Bonchev–Trinajstić information content (AvgIpc) is 2.79. The van der Waals surface area contributed by atoms with Crippen LogP contribution in [-0.2, 0) is 13.6 Å². The standard InChI is InChI=1S/C15H20N4O/c1-11-5-6-14(7-12(11)2)17-15(20)18(3)9-13-8-16-19(4)10-13/h5-8,10H,9H2,1-4H3,(H,17,20). The number of carbonyl (C=O) groups excluding carboxylic acids is 1. The molecule has 2 aromatic rings. The van der Waals surface area contributed by atoms with Crippen molar-refractivity contribution in [3.05, 3.63) is 47.3 Å². The van der Waals surface area contributed by atoms with Crippen LogP contribution >= 0.6 is 0 Å². The summed E-state index contributed by atoms with van der Waals surface area (Å²) in [5.74, 6) is 0. The fourth-order valence-corrected chi connectivity index (χ4v) is 1.94. The lowest BCUT2D eigenvalue weighted by atomic mass is 10.1. The van der Waals surface area contributed by atoms with Crippen LogP contribution in [0.5, 0.6) is 0 Å². The van der Waals surface area contributed by atoms with Gasteiger partial charge in [0.05, 0.1) is 12.7 Å². The van der Waals surface area contributed by atoms with Gasteiger partial charge in [0.1, 0.15) is 0 Å². The SMILES string of the molecule is Cc1ccc(NC(=O)N(C)Cc2cnn(C)c2)cc1C. The predicted molar refractivity (Wildman–Crippen MR) is 79.6 cm³/mol. The van der Waals surface area contributed by atoms with E-state index in [0.29, 0.717) is 6.54 Å². The molecule has 20 heavy (non-hydrogen) atoms. The normalized spacial score (nSPS) is 10.4. The molecule has 0 aliphatic heterocycles. The van der Waals surface area contributed by atoms with E-state index < -0.39 is 0 Å². The number of rotatable bonds is 3. The summed E-state index contributed by atoms with van der Waals surface area (Å²) < 4.78 is 1.73. The maximum atomic E-state index is 12.1. The van der Waals surface area contributed by atoms with Gasteiger partial charge in [-0.25, -0.2) is 4.79 Å². The Morgan fingerprint density at radius 1 is 1.35 bits per heavy atom. The summed E-state index contributed by atoms with van der Waals surface area (Å²) in [6, 6.07) is 5.77. The molecule has 106 valence electrons. The van der Waals surface area contributed by atoms with Crippen LogP contribution in [0.3, 0.4) is 0 Å². The molecular formula is C15H20N4O. The Balaban J connectivity index is 1.98. The Labute approximate surface area is 119 Å². The minimum absolute atomic E-state index is 0.128. The molecule has 0 saturated carbocycles. The number of nitrogens with one attached hydrogen (secondary N) is 1. The summed E-state index contributed by atoms with van der Waals surface area (Å²) in [5, 5.41) is 6.99. The van der Waals surface area contributed by atoms with Crippen molar-refractivity contribution in [1.82, 2.24) is 14.7 Å². The number of aryl methyl sites for hydroxylation is 3. The number of urea groups is 1. The van der Waals surface area contributed by atoms with Crippen LogP contribution < -0.4 is 5.32 Å². The minimum Gasteiger partial charge on any atom is -0.323 e. The van der Waals surface area contributed by atoms with Crippen LogP contribution in [0.25, 0.3) is 0 Å². The number of hydrogen-bond donors (Lipinski definition) is 1. The first-order valence-electron chi connectivity index (χ1n) is 6.52. The van der Waals surface area contributed by atoms with E-state index in [1.165, 1.54) is 5.56 Å². The van der Waals surface area contributed by atoms with Gasteiger partial charge in [-0.2, -0.15) is 5.10 Å². The number of aromatic nitrogens is 2. The molecule has 0 bridgehead atoms. The van der Waals surface area contributed by atoms with Crippen molar-refractivity contribution in [3.63, 3.8) is 0 Å². The highest BCUT2D eigenvalue weighted by Crippen LogP contribution is 2.14. The average molecular weight is 272 g/mol. The molecule has 2 amide bonds. The second-order valence-electron chi connectivity index (χ2n) is 5.11. The quantitative estimate of drug-likeness (QED) is 0.934. The van der Waals surface area contributed by atoms with Crippen LogP contribution in [0.4, 0.5) is 10.5 Å². The van der Waals surface area contributed by atoms with Gasteiger partial charge in [-0.3, -0.25) is 4.68 Å². The van der Waals surface area contributed by atoms with Crippen molar-refractivity contribution in [2.24, 2.45) is 7.05 Å². The Morgan fingerprint density at radius 3 is 2.70 bits per heavy atom. The number of anilines is 1. The highest BCUT2D eigenvalue weighted by molar-refractivity contribution is 5.89. The van der Waals surface area contributed by atoms with Crippen molar-refractivity contribution in [3.8, 4) is 0 Å². The zero-order chi connectivity index (χ0) is 14.7. The van der Waals surface area contributed by atoms with E-state index in [9.17, 15) is 4.79 Å². The summed E-state index contributed by atoms with van der Waals surface area (Å²) in [5.41, 5.74) is 4.20. The van der Waals surface area contributed by atoms with Gasteiger partial charge in [-0.1, -0.05) is 6.07 Å². The van der Waals surface area contributed by atoms with E-state index in [2.05, 4.69) is 17.3 Å². The Bertz CT molecular complexity index is 618. The van der Waals surface area contributed by atoms with Gasteiger partial charge >= 0.3 is 6.03 Å². The van der Waals surface area contributed by atoms with Gasteiger partial charge in [-0.05, 0) is 37.1 Å². The first kappa shape index (κ1) is 14.1. The lowest BCUT2D eigenvalue weighted by Crippen LogP contribution is -2.30. The summed E-state index contributed by atoms with van der Waals surface area (Å²) >= 11 is 0. The number of carbonyl (C=O) groups is 1. The van der Waals surface area contributed by atoms with Crippen molar-refractivity contribution < 1.29 is 4.79 Å². The van der Waals surface area contributed by atoms with Crippen LogP contribution in [0.1, 0.15) is 16.7 Å². The van der Waals surface area contributed by atoms with Gasteiger partial charge < -0.3 is 10.2 Å². The summed E-state index contributed by atoms with van der Waals surface area (Å²) in [6.45, 7) is 4.62. The first-order valence-corrected chi connectivity index (χ1v) is 6.52. The lowest BCUT2D eigenvalue weighted by Gasteiger charge is -2.17. The van der Waals surface area contributed by atoms with E-state index in [1.54, 1.807) is 22.8 Å². The smallest absolute Gasteiger partial charge is 0.321 e. The summed E-state index contributed by atoms with van der Waals surface area (Å²) in [7, 11) is 3.63. The number of hydrogen-bond acceptors (Lipinski definition) is 2. The summed E-state index contributed by atoms with van der Waals surface area (Å²) in [6.07, 6.45) is 3.67. The molecule has 0 unspecified atom stereocenters. The molecule has 5 nitrogen and oxygen atoms in total. The zero-order valence-electron chi connectivity index (χ0n) is 12.3. The number of benzene rings is 1. The maximum absolute atomic E-state index is 12.1. The molecule has 1 heterocycles. The van der Waals surface area contributed by atoms with Crippen LogP contribution in [0, 0.1) is 13.8 Å². The van der Waals surface area contributed by atoms with Gasteiger partial charge in [0.15, 0.2) is 0 Å². The molecule has 0 saturated heterocycles. The third kappa shape index (κ3) is 3.38. The third-order valence-electron chi connectivity index (χ3n) is 3.28. The second-order valence-corrected chi connectivity index (χ2v) is 5.11. The second kappa shape index (κ2) is 5.77. The van der Waals surface area contributed by atoms with E-state index in [1.807, 2.05) is 38.4 Å². The Morgan fingerprint density at radius 2 is 2.10 bits per heavy atom. The Hall–Kier alpha value is -2.30. The van der Waals surface area contributed by atoms with E-state index in [0.717, 1.165) is 16.8 Å². The highest BCUT2D eigenvalue weighted by Gasteiger charge is 2.10. The monoisotopic (exact) mass is 272 g/mol. The van der Waals surface area contributed by atoms with Crippen LogP contribution in [0.2, 0.25) is 0 Å². The molecular weight excluding hydrogens is 252 g/mol. The third-order valence-corrected chi connectivity index (χ3v) is 3.28. The van der Waals surface area contributed by atoms with Crippen LogP contribution in [-0.4, -0.2) is 27.8 Å². The molecule has 2 rings (SSSR count). The van der Waals surface area contributed by atoms with Crippen molar-refractivity contribution in [2.45, 2.75) is 20.4 Å². The van der Waals surface area contributed by atoms with Gasteiger partial charge in [0, 0.05) is 31.5 Å². The molecule has 1 N–H and O–H groups in total. The maximum Gasteiger partial charge on any atom is 0.321 e. The molecule has 0 spiro atoms. The largest absolute Gasteiger partial charge is 0.323 e. The molecule has 1 aromatic carbocycles. The van der Waals surface area contributed by atoms with Gasteiger partial charge in [0.25, 0.3) is 0 Å². The van der Waals surface area contributed by atoms with Crippen molar-refractivity contribution in [1.29, 1.82) is 0 Å². The number of amides is 2. The topological polar surface area (TPSA) is 50.2 Å². The van der Waals surface area contributed by atoms with E-state index in [4.69, 9.17) is 0 Å². The fourth-order valence-electron chi connectivity index (χ4n) is 1.94. The number of nitrogens with zero attached hydrogens (tertiary/aromatic N) is 3. The molecule has 1 aromatic heterocycles. The van der Waals surface area contributed by atoms with Crippen molar-refractivity contribution >= 4 is 11.7 Å². The molecule has 0 aliphatic carbocycles. The minimum atomic E-state index is -0.128. The van der Waals surface area contributed by atoms with Gasteiger partial charge in [0.2, 0.25) is 0 Å². The van der Waals surface area contributed by atoms with E-state index in [-0.39, 0.29) is 6.03 Å². The molecule has 0 fully saturated rings. The highest BCUT2D eigenvalue weighted by atomic mass is 16.2. The van der Waals surface area contributed by atoms with Gasteiger partial charge in [-0.15, -0.1) is 0 Å². The predicted octanol–water partition coefficient (Wildman–Crippen LogP) is 2.70. The van der Waals surface area contributed by atoms with Crippen LogP contribution in [0.15, 0.2) is 30.6 Å². The molecule has 0 radical (unpaired) electrons. The Kier molecular flexibility index (Phi) is 4.08.